The van der Waals surface area contributed by atoms with E-state index in [-0.39, 0.29) is 40.1 Å². The molecule has 2 aromatic carbocycles. The third kappa shape index (κ3) is 5.67. The summed E-state index contributed by atoms with van der Waals surface area (Å²) in [4.78, 5) is 4.42. The summed E-state index contributed by atoms with van der Waals surface area (Å²) in [5.74, 6) is 0.414. The average molecular weight is 532 g/mol. The van der Waals surface area contributed by atoms with Crippen LogP contribution in [-0.4, -0.2) is 35.0 Å². The van der Waals surface area contributed by atoms with Gasteiger partial charge in [0.15, 0.2) is 5.96 Å². The van der Waals surface area contributed by atoms with Crippen molar-refractivity contribution in [2.75, 3.05) is 20.6 Å². The molecule has 0 radical (unpaired) electrons. The van der Waals surface area contributed by atoms with E-state index < -0.39 is 10.0 Å². The largest absolute Gasteiger partial charge is 0.356 e. The molecule has 0 heterocycles. The average Bonchev–Trinajstić information content (AvgIpc) is 3.49. The van der Waals surface area contributed by atoms with Crippen LogP contribution >= 0.6 is 24.0 Å². The van der Waals surface area contributed by atoms with Gasteiger partial charge in [0.1, 0.15) is 5.82 Å². The number of halogens is 2. The summed E-state index contributed by atoms with van der Waals surface area (Å²) in [6.07, 6.45) is 1.86. The molecule has 3 N–H and O–H groups in total. The summed E-state index contributed by atoms with van der Waals surface area (Å²) in [7, 11) is -0.429. The topological polar surface area (TPSA) is 82.6 Å². The van der Waals surface area contributed by atoms with Gasteiger partial charge in [0.05, 0.1) is 4.90 Å². The Kier molecular flexibility index (Phi) is 8.01. The van der Waals surface area contributed by atoms with Crippen LogP contribution in [0.2, 0.25) is 0 Å². The predicted molar refractivity (Wildman–Crippen MR) is 124 cm³/mol. The van der Waals surface area contributed by atoms with Crippen molar-refractivity contribution in [3.05, 3.63) is 65.5 Å². The first-order valence-electron chi connectivity index (χ1n) is 9.12. The van der Waals surface area contributed by atoms with Gasteiger partial charge in [-0.05, 0) is 49.2 Å². The zero-order valence-electron chi connectivity index (χ0n) is 16.4. The fourth-order valence-electron chi connectivity index (χ4n) is 3.18. The molecule has 0 aliphatic heterocycles. The van der Waals surface area contributed by atoms with Crippen LogP contribution in [0.3, 0.4) is 0 Å². The van der Waals surface area contributed by atoms with Crippen LogP contribution in [0.15, 0.2) is 58.4 Å². The molecule has 1 aliphatic rings. The second-order valence-corrected chi connectivity index (χ2v) is 8.78. The number of hydrogen-bond acceptors (Lipinski definition) is 3. The molecule has 0 amide bonds. The Balaban J connectivity index is 0.00000300. The van der Waals surface area contributed by atoms with E-state index in [0.717, 1.165) is 24.0 Å². The summed E-state index contributed by atoms with van der Waals surface area (Å²) in [6.45, 7) is 1.00. The van der Waals surface area contributed by atoms with E-state index >= 15 is 0 Å². The summed E-state index contributed by atoms with van der Waals surface area (Å²) in [5, 5.41) is 6.44. The molecular weight excluding hydrogens is 506 g/mol. The van der Waals surface area contributed by atoms with E-state index in [1.54, 1.807) is 31.3 Å². The third-order valence-corrected chi connectivity index (χ3v) is 6.47. The van der Waals surface area contributed by atoms with E-state index in [1.807, 2.05) is 18.2 Å². The molecule has 0 unspecified atom stereocenters. The van der Waals surface area contributed by atoms with Crippen molar-refractivity contribution in [3.8, 4) is 0 Å². The van der Waals surface area contributed by atoms with Gasteiger partial charge in [-0.15, -0.1) is 24.0 Å². The lowest BCUT2D eigenvalue weighted by molar-refractivity contribution is 0.559. The first-order valence-corrected chi connectivity index (χ1v) is 10.6. The maximum Gasteiger partial charge on any atom is 0.240 e. The van der Waals surface area contributed by atoms with E-state index in [2.05, 4.69) is 20.3 Å². The van der Waals surface area contributed by atoms with Gasteiger partial charge in [-0.1, -0.05) is 30.3 Å². The molecule has 0 atom stereocenters. The van der Waals surface area contributed by atoms with E-state index in [0.29, 0.717) is 19.0 Å². The molecule has 6 nitrogen and oxygen atoms in total. The van der Waals surface area contributed by atoms with Crippen LogP contribution in [0.1, 0.15) is 24.0 Å². The van der Waals surface area contributed by atoms with Crippen molar-refractivity contribution < 1.29 is 12.8 Å². The van der Waals surface area contributed by atoms with Crippen LogP contribution in [0.5, 0.6) is 0 Å². The lowest BCUT2D eigenvalue weighted by Gasteiger charge is -2.19. The van der Waals surface area contributed by atoms with Crippen molar-refractivity contribution >= 4 is 40.0 Å². The van der Waals surface area contributed by atoms with Crippen molar-refractivity contribution in [1.29, 1.82) is 0 Å². The number of nitrogens with one attached hydrogen (secondary N) is 3. The first kappa shape index (κ1) is 23.6. The van der Waals surface area contributed by atoms with Crippen LogP contribution in [0.4, 0.5) is 4.39 Å². The minimum atomic E-state index is -3.48. The van der Waals surface area contributed by atoms with E-state index in [4.69, 9.17) is 0 Å². The number of rotatable bonds is 7. The minimum Gasteiger partial charge on any atom is -0.356 e. The summed E-state index contributed by atoms with van der Waals surface area (Å²) >= 11 is 0. The molecule has 2 aromatic rings. The Morgan fingerprint density at radius 2 is 1.86 bits per heavy atom. The van der Waals surface area contributed by atoms with Crippen molar-refractivity contribution in [3.63, 3.8) is 0 Å². The highest BCUT2D eigenvalue weighted by atomic mass is 127. The molecule has 0 spiro atoms. The maximum atomic E-state index is 14.1. The molecule has 1 saturated carbocycles. The molecule has 3 rings (SSSR count). The highest BCUT2D eigenvalue weighted by Gasteiger charge is 2.45. The number of sulfonamides is 1. The number of aliphatic imine (C=N–C) groups is 1. The SMILES string of the molecule is CN=C(NCc1cccc(S(=O)(=O)NC)c1)NCC1(c2ccccc2F)CC1.I. The smallest absolute Gasteiger partial charge is 0.240 e. The summed E-state index contributed by atoms with van der Waals surface area (Å²) < 4.78 is 40.3. The molecule has 1 aliphatic carbocycles. The number of guanidine groups is 1. The van der Waals surface area contributed by atoms with E-state index in [9.17, 15) is 12.8 Å². The maximum absolute atomic E-state index is 14.1. The molecule has 29 heavy (non-hydrogen) atoms. The Morgan fingerprint density at radius 1 is 1.14 bits per heavy atom. The van der Waals surface area contributed by atoms with Gasteiger partial charge < -0.3 is 10.6 Å². The quantitative estimate of drug-likeness (QED) is 0.291. The highest BCUT2D eigenvalue weighted by Crippen LogP contribution is 2.48. The minimum absolute atomic E-state index is 0. The standard InChI is InChI=1S/C20H25FN4O2S.HI/c1-22-19(24-13-15-6-5-7-16(12-15)28(26,27)23-2)25-14-20(10-11-20)17-8-3-4-9-18(17)21;/h3-9,12,23H,10-11,13-14H2,1-2H3,(H2,22,24,25);1H. The Hall–Kier alpha value is -1.72. The third-order valence-electron chi connectivity index (χ3n) is 5.05. The van der Waals surface area contributed by atoms with Gasteiger partial charge >= 0.3 is 0 Å². The van der Waals surface area contributed by atoms with Crippen LogP contribution in [0, 0.1) is 5.82 Å². The molecule has 0 bridgehead atoms. The normalized spacial score (nSPS) is 15.3. The fraction of sp³-hybridized carbons (Fsp3) is 0.350. The van der Waals surface area contributed by atoms with Gasteiger partial charge in [0.25, 0.3) is 0 Å². The number of benzene rings is 2. The molecule has 0 saturated heterocycles. The van der Waals surface area contributed by atoms with Gasteiger partial charge in [0, 0.05) is 25.6 Å². The number of nitrogens with zero attached hydrogens (tertiary/aromatic N) is 1. The van der Waals surface area contributed by atoms with Crippen molar-refractivity contribution in [2.24, 2.45) is 4.99 Å². The lowest BCUT2D eigenvalue weighted by atomic mass is 9.95. The van der Waals surface area contributed by atoms with E-state index in [1.165, 1.54) is 13.1 Å². The molecular formula is C20H26FIN4O2S. The van der Waals surface area contributed by atoms with Gasteiger partial charge in [-0.3, -0.25) is 4.99 Å². The molecule has 0 aromatic heterocycles. The Labute approximate surface area is 188 Å². The van der Waals surface area contributed by atoms with Gasteiger partial charge in [-0.2, -0.15) is 0 Å². The molecule has 158 valence electrons. The predicted octanol–water partition coefficient (Wildman–Crippen LogP) is 2.75. The van der Waals surface area contributed by atoms with Crippen LogP contribution < -0.4 is 15.4 Å². The summed E-state index contributed by atoms with van der Waals surface area (Å²) in [6, 6.07) is 13.6. The highest BCUT2D eigenvalue weighted by molar-refractivity contribution is 14.0. The molecule has 1 fully saturated rings. The van der Waals surface area contributed by atoms with Gasteiger partial charge in [-0.25, -0.2) is 17.5 Å². The van der Waals surface area contributed by atoms with Crippen molar-refractivity contribution in [2.45, 2.75) is 29.7 Å². The Bertz CT molecular complexity index is 978. The number of hydrogen-bond donors (Lipinski definition) is 3. The second kappa shape index (κ2) is 9.86. The first-order chi connectivity index (χ1) is 13.4. The lowest BCUT2D eigenvalue weighted by Crippen LogP contribution is -2.41. The molecule has 9 heteroatoms. The zero-order valence-corrected chi connectivity index (χ0v) is 19.6. The summed E-state index contributed by atoms with van der Waals surface area (Å²) in [5.41, 5.74) is 1.36. The second-order valence-electron chi connectivity index (χ2n) is 6.89. The fourth-order valence-corrected chi connectivity index (χ4v) is 3.98. The Morgan fingerprint density at radius 3 is 2.48 bits per heavy atom. The van der Waals surface area contributed by atoms with Gasteiger partial charge in [0.2, 0.25) is 10.0 Å². The van der Waals surface area contributed by atoms with Crippen LogP contribution in [-0.2, 0) is 22.0 Å². The van der Waals surface area contributed by atoms with Crippen molar-refractivity contribution in [1.82, 2.24) is 15.4 Å². The van der Waals surface area contributed by atoms with Crippen LogP contribution in [0.25, 0.3) is 0 Å². The zero-order chi connectivity index (χ0) is 20.2. The monoisotopic (exact) mass is 532 g/mol.